The zero-order valence-electron chi connectivity index (χ0n) is 11.0. The number of nitrogens with two attached hydrogens (primary N) is 1. The van der Waals surface area contributed by atoms with E-state index in [1.54, 1.807) is 0 Å². The van der Waals surface area contributed by atoms with Crippen molar-refractivity contribution in [2.45, 2.75) is 52.5 Å². The predicted octanol–water partition coefficient (Wildman–Crippen LogP) is 1.03. The third-order valence-corrected chi connectivity index (χ3v) is 3.64. The van der Waals surface area contributed by atoms with Crippen molar-refractivity contribution in [1.82, 2.24) is 5.32 Å². The minimum absolute atomic E-state index is 0.0182. The fourth-order valence-electron chi connectivity index (χ4n) is 1.40. The quantitative estimate of drug-likeness (QED) is 0.611. The van der Waals surface area contributed by atoms with Gasteiger partial charge in [-0.2, -0.15) is 0 Å². The molecular weight excluding hydrogens is 204 g/mol. The average Bonchev–Trinajstić information content (AvgIpc) is 2.28. The number of hydrogen-bond donors (Lipinski definition) is 3. The summed E-state index contributed by atoms with van der Waals surface area (Å²) in [6.07, 6.45) is 2.08. The Morgan fingerprint density at radius 1 is 1.31 bits per heavy atom. The Labute approximate surface area is 98.6 Å². The molecule has 0 bridgehead atoms. The first kappa shape index (κ1) is 15.4. The van der Waals surface area contributed by atoms with Crippen LogP contribution in [0.25, 0.3) is 0 Å². The third-order valence-electron chi connectivity index (χ3n) is 3.64. The molecule has 4 heteroatoms. The van der Waals surface area contributed by atoms with Gasteiger partial charge in [0.2, 0.25) is 5.91 Å². The molecule has 0 aliphatic heterocycles. The molecule has 0 aromatic rings. The van der Waals surface area contributed by atoms with Crippen molar-refractivity contribution in [2.75, 3.05) is 13.2 Å². The zero-order valence-corrected chi connectivity index (χ0v) is 11.0. The lowest BCUT2D eigenvalue weighted by Crippen LogP contribution is -2.53. The third kappa shape index (κ3) is 3.76. The zero-order chi connectivity index (χ0) is 12.8. The molecule has 4 N–H and O–H groups in total. The van der Waals surface area contributed by atoms with E-state index >= 15 is 0 Å². The number of aliphatic hydroxyl groups is 1. The molecule has 4 nitrogen and oxygen atoms in total. The molecule has 0 aromatic carbocycles. The number of nitrogens with one attached hydrogen (secondary N) is 1. The molecule has 0 spiro atoms. The van der Waals surface area contributed by atoms with Crippen LogP contribution < -0.4 is 11.1 Å². The van der Waals surface area contributed by atoms with E-state index in [0.29, 0.717) is 19.4 Å². The molecule has 2 unspecified atom stereocenters. The second kappa shape index (κ2) is 6.21. The van der Waals surface area contributed by atoms with Crippen molar-refractivity contribution in [3.8, 4) is 0 Å². The monoisotopic (exact) mass is 230 g/mol. The van der Waals surface area contributed by atoms with Gasteiger partial charge >= 0.3 is 0 Å². The SMILES string of the molecule is CCC(C)(CCO)NC(=O)C(C)(CC)CN. The van der Waals surface area contributed by atoms with Crippen LogP contribution in [-0.2, 0) is 4.79 Å². The first-order valence-electron chi connectivity index (χ1n) is 6.01. The summed E-state index contributed by atoms with van der Waals surface area (Å²) >= 11 is 0. The van der Waals surface area contributed by atoms with Crippen LogP contribution in [0.3, 0.4) is 0 Å². The van der Waals surface area contributed by atoms with E-state index in [2.05, 4.69) is 5.32 Å². The Balaban J connectivity index is 4.63. The molecule has 0 fully saturated rings. The molecule has 0 saturated heterocycles. The maximum absolute atomic E-state index is 12.1. The Bertz CT molecular complexity index is 227. The Kier molecular flexibility index (Phi) is 5.97. The van der Waals surface area contributed by atoms with Crippen molar-refractivity contribution < 1.29 is 9.90 Å². The van der Waals surface area contributed by atoms with E-state index < -0.39 is 5.41 Å². The second-order valence-electron chi connectivity index (χ2n) is 4.96. The van der Waals surface area contributed by atoms with Crippen molar-refractivity contribution >= 4 is 5.91 Å². The van der Waals surface area contributed by atoms with Gasteiger partial charge in [-0.1, -0.05) is 13.8 Å². The van der Waals surface area contributed by atoms with Gasteiger partial charge in [0.15, 0.2) is 0 Å². The fraction of sp³-hybridized carbons (Fsp3) is 0.917. The van der Waals surface area contributed by atoms with Crippen LogP contribution in [0.5, 0.6) is 0 Å². The fourth-order valence-corrected chi connectivity index (χ4v) is 1.40. The van der Waals surface area contributed by atoms with Crippen LogP contribution >= 0.6 is 0 Å². The molecule has 0 aromatic heterocycles. The maximum Gasteiger partial charge on any atom is 0.227 e. The first-order chi connectivity index (χ1) is 7.37. The highest BCUT2D eigenvalue weighted by atomic mass is 16.3. The van der Waals surface area contributed by atoms with Gasteiger partial charge in [-0.25, -0.2) is 0 Å². The number of hydrogen-bond acceptors (Lipinski definition) is 3. The highest BCUT2D eigenvalue weighted by Crippen LogP contribution is 2.22. The van der Waals surface area contributed by atoms with E-state index in [9.17, 15) is 4.79 Å². The highest BCUT2D eigenvalue weighted by Gasteiger charge is 2.34. The second-order valence-corrected chi connectivity index (χ2v) is 4.96. The van der Waals surface area contributed by atoms with Gasteiger partial charge in [0, 0.05) is 18.7 Å². The Morgan fingerprint density at radius 3 is 2.19 bits per heavy atom. The van der Waals surface area contributed by atoms with Gasteiger partial charge in [-0.05, 0) is 33.1 Å². The molecule has 1 amide bonds. The lowest BCUT2D eigenvalue weighted by atomic mass is 9.84. The topological polar surface area (TPSA) is 75.3 Å². The van der Waals surface area contributed by atoms with Gasteiger partial charge in [0.1, 0.15) is 0 Å². The van der Waals surface area contributed by atoms with E-state index in [0.717, 1.165) is 6.42 Å². The van der Waals surface area contributed by atoms with Crippen LogP contribution in [0, 0.1) is 5.41 Å². The van der Waals surface area contributed by atoms with Crippen LogP contribution in [0.1, 0.15) is 47.0 Å². The van der Waals surface area contributed by atoms with E-state index in [-0.39, 0.29) is 18.1 Å². The number of aliphatic hydroxyl groups excluding tert-OH is 1. The van der Waals surface area contributed by atoms with E-state index in [4.69, 9.17) is 10.8 Å². The summed E-state index contributed by atoms with van der Waals surface area (Å²) in [5, 5.41) is 12.0. The molecule has 2 atom stereocenters. The first-order valence-corrected chi connectivity index (χ1v) is 6.01. The van der Waals surface area contributed by atoms with Crippen LogP contribution in [-0.4, -0.2) is 29.7 Å². The number of rotatable bonds is 7. The molecule has 0 aliphatic rings. The number of carbonyl (C=O) groups is 1. The van der Waals surface area contributed by atoms with Crippen LogP contribution in [0.4, 0.5) is 0 Å². The van der Waals surface area contributed by atoms with Crippen molar-refractivity contribution in [3.05, 3.63) is 0 Å². The maximum atomic E-state index is 12.1. The van der Waals surface area contributed by atoms with Crippen molar-refractivity contribution in [2.24, 2.45) is 11.1 Å². The van der Waals surface area contributed by atoms with Gasteiger partial charge in [-0.3, -0.25) is 4.79 Å². The number of carbonyl (C=O) groups excluding carboxylic acids is 1. The molecule has 0 rings (SSSR count). The van der Waals surface area contributed by atoms with E-state index in [1.165, 1.54) is 0 Å². The normalized spacial score (nSPS) is 18.6. The Morgan fingerprint density at radius 2 is 1.88 bits per heavy atom. The molecule has 96 valence electrons. The lowest BCUT2D eigenvalue weighted by Gasteiger charge is -2.34. The molecule has 0 radical (unpaired) electrons. The minimum atomic E-state index is -0.508. The largest absolute Gasteiger partial charge is 0.396 e. The van der Waals surface area contributed by atoms with Crippen LogP contribution in [0.15, 0.2) is 0 Å². The van der Waals surface area contributed by atoms with Crippen molar-refractivity contribution in [3.63, 3.8) is 0 Å². The summed E-state index contributed by atoms with van der Waals surface area (Å²) in [5.41, 5.74) is 4.80. The van der Waals surface area contributed by atoms with Gasteiger partial charge < -0.3 is 16.2 Å². The minimum Gasteiger partial charge on any atom is -0.396 e. The molecule has 0 saturated carbocycles. The molecule has 0 aliphatic carbocycles. The lowest BCUT2D eigenvalue weighted by molar-refractivity contribution is -0.132. The molecular formula is C12H26N2O2. The van der Waals surface area contributed by atoms with Gasteiger partial charge in [0.05, 0.1) is 5.41 Å². The average molecular weight is 230 g/mol. The summed E-state index contributed by atoms with van der Waals surface area (Å²) in [5.74, 6) is -0.0182. The van der Waals surface area contributed by atoms with E-state index in [1.807, 2.05) is 27.7 Å². The smallest absolute Gasteiger partial charge is 0.227 e. The van der Waals surface area contributed by atoms with Crippen molar-refractivity contribution in [1.29, 1.82) is 0 Å². The number of amides is 1. The van der Waals surface area contributed by atoms with Gasteiger partial charge in [-0.15, -0.1) is 0 Å². The Hall–Kier alpha value is -0.610. The highest BCUT2D eigenvalue weighted by molar-refractivity contribution is 5.83. The molecule has 0 heterocycles. The predicted molar refractivity (Wildman–Crippen MR) is 66.0 cm³/mol. The summed E-state index contributed by atoms with van der Waals surface area (Å²) < 4.78 is 0. The molecule has 16 heavy (non-hydrogen) atoms. The standard InChI is InChI=1S/C12H26N2O2/c1-5-11(3,9-13)10(16)14-12(4,6-2)7-8-15/h15H,5-9,13H2,1-4H3,(H,14,16). The van der Waals surface area contributed by atoms with Gasteiger partial charge in [0.25, 0.3) is 0 Å². The van der Waals surface area contributed by atoms with Crippen LogP contribution in [0.2, 0.25) is 0 Å². The summed E-state index contributed by atoms with van der Waals surface area (Å²) in [6.45, 7) is 8.21. The summed E-state index contributed by atoms with van der Waals surface area (Å²) in [7, 11) is 0. The summed E-state index contributed by atoms with van der Waals surface area (Å²) in [4.78, 5) is 12.1. The summed E-state index contributed by atoms with van der Waals surface area (Å²) in [6, 6.07) is 0.